The number of aromatic nitrogens is 5. The van der Waals surface area contributed by atoms with E-state index < -0.39 is 0 Å². The van der Waals surface area contributed by atoms with Crippen molar-refractivity contribution < 1.29 is 4.79 Å². The summed E-state index contributed by atoms with van der Waals surface area (Å²) in [6.45, 7) is 3.25. The number of rotatable bonds is 1. The molecule has 22 heavy (non-hydrogen) atoms. The van der Waals surface area contributed by atoms with Crippen molar-refractivity contribution >= 4 is 27.4 Å². The Hall–Kier alpha value is -2.22. The second kappa shape index (κ2) is 4.91. The maximum atomic E-state index is 12.8. The van der Waals surface area contributed by atoms with Crippen LogP contribution >= 0.6 is 15.9 Å². The number of pyridine rings is 1. The van der Waals surface area contributed by atoms with Gasteiger partial charge in [-0.2, -0.15) is 5.10 Å². The summed E-state index contributed by atoms with van der Waals surface area (Å²) in [5, 5.41) is 12.3. The smallest absolute Gasteiger partial charge is 0.275 e. The van der Waals surface area contributed by atoms with E-state index >= 15 is 0 Å². The second-order valence-corrected chi connectivity index (χ2v) is 6.22. The third kappa shape index (κ3) is 2.02. The van der Waals surface area contributed by atoms with Gasteiger partial charge in [0.15, 0.2) is 5.69 Å². The van der Waals surface area contributed by atoms with E-state index in [0.717, 1.165) is 15.7 Å². The van der Waals surface area contributed by atoms with Gasteiger partial charge in [-0.15, -0.1) is 5.10 Å². The Labute approximate surface area is 134 Å². The second-order valence-electron chi connectivity index (χ2n) is 5.30. The van der Waals surface area contributed by atoms with Crippen LogP contribution in [0.4, 0.5) is 0 Å². The van der Waals surface area contributed by atoms with Crippen LogP contribution in [0, 0.1) is 0 Å². The van der Waals surface area contributed by atoms with E-state index in [1.807, 2.05) is 40.9 Å². The van der Waals surface area contributed by atoms with Crippen LogP contribution in [-0.4, -0.2) is 42.0 Å². The van der Waals surface area contributed by atoms with Crippen molar-refractivity contribution in [2.24, 2.45) is 0 Å². The lowest BCUT2D eigenvalue weighted by molar-refractivity contribution is 0.0630. The summed E-state index contributed by atoms with van der Waals surface area (Å²) in [4.78, 5) is 14.6. The molecule has 7 nitrogen and oxygen atoms in total. The lowest BCUT2D eigenvalue weighted by Crippen LogP contribution is -2.41. The largest absolute Gasteiger partial charge is 0.327 e. The number of amides is 1. The Morgan fingerprint density at radius 2 is 2.23 bits per heavy atom. The minimum absolute atomic E-state index is 0.0622. The Morgan fingerprint density at radius 3 is 3.09 bits per heavy atom. The zero-order chi connectivity index (χ0) is 15.3. The van der Waals surface area contributed by atoms with E-state index in [2.05, 4.69) is 31.3 Å². The average molecular weight is 361 g/mol. The van der Waals surface area contributed by atoms with Gasteiger partial charge in [0.2, 0.25) is 0 Å². The lowest BCUT2D eigenvalue weighted by Gasteiger charge is -2.32. The van der Waals surface area contributed by atoms with Gasteiger partial charge >= 0.3 is 0 Å². The predicted molar refractivity (Wildman–Crippen MR) is 82.4 cm³/mol. The molecule has 0 aromatic carbocycles. The first-order valence-corrected chi connectivity index (χ1v) is 7.77. The van der Waals surface area contributed by atoms with Gasteiger partial charge in [0.25, 0.3) is 5.91 Å². The summed E-state index contributed by atoms with van der Waals surface area (Å²) in [7, 11) is 0. The summed E-state index contributed by atoms with van der Waals surface area (Å²) >= 11 is 3.41. The number of halogens is 1. The van der Waals surface area contributed by atoms with E-state index in [-0.39, 0.29) is 11.9 Å². The molecule has 0 saturated carbocycles. The molecular weight excluding hydrogens is 348 g/mol. The maximum absolute atomic E-state index is 12.8. The number of hydrogen-bond acceptors (Lipinski definition) is 4. The highest BCUT2D eigenvalue weighted by atomic mass is 79.9. The van der Waals surface area contributed by atoms with Gasteiger partial charge in [-0.3, -0.25) is 4.79 Å². The zero-order valence-corrected chi connectivity index (χ0v) is 13.4. The molecule has 1 unspecified atom stereocenters. The third-order valence-corrected chi connectivity index (χ3v) is 4.47. The van der Waals surface area contributed by atoms with Gasteiger partial charge in [-0.25, -0.2) is 9.20 Å². The van der Waals surface area contributed by atoms with E-state index in [1.54, 1.807) is 10.7 Å². The molecule has 112 valence electrons. The van der Waals surface area contributed by atoms with Crippen molar-refractivity contribution in [3.63, 3.8) is 0 Å². The van der Waals surface area contributed by atoms with E-state index in [1.165, 1.54) is 0 Å². The van der Waals surface area contributed by atoms with Gasteiger partial charge in [-0.05, 0) is 41.1 Å². The van der Waals surface area contributed by atoms with Gasteiger partial charge in [0, 0.05) is 17.2 Å². The van der Waals surface area contributed by atoms with Crippen molar-refractivity contribution in [2.75, 3.05) is 6.54 Å². The fourth-order valence-electron chi connectivity index (χ4n) is 2.81. The molecule has 0 spiro atoms. The first-order chi connectivity index (χ1) is 10.6. The van der Waals surface area contributed by atoms with Gasteiger partial charge < -0.3 is 4.90 Å². The zero-order valence-electron chi connectivity index (χ0n) is 11.8. The average Bonchev–Trinajstić information content (AvgIpc) is 3.12. The molecule has 1 aliphatic heterocycles. The Morgan fingerprint density at radius 1 is 1.36 bits per heavy atom. The van der Waals surface area contributed by atoms with Crippen LogP contribution in [0.1, 0.15) is 29.1 Å². The van der Waals surface area contributed by atoms with E-state index in [9.17, 15) is 4.79 Å². The molecule has 8 heteroatoms. The molecule has 1 amide bonds. The molecule has 4 rings (SSSR count). The van der Waals surface area contributed by atoms with Crippen molar-refractivity contribution in [2.45, 2.75) is 19.5 Å². The van der Waals surface area contributed by atoms with Gasteiger partial charge in [0.1, 0.15) is 0 Å². The predicted octanol–water partition coefficient (Wildman–Crippen LogP) is 1.91. The van der Waals surface area contributed by atoms with Gasteiger partial charge in [-0.1, -0.05) is 5.21 Å². The molecule has 0 fully saturated rings. The summed E-state index contributed by atoms with van der Waals surface area (Å²) in [6, 6.07) is 5.60. The Balaban J connectivity index is 1.68. The normalized spacial score (nSPS) is 17.7. The highest BCUT2D eigenvalue weighted by Crippen LogP contribution is 2.25. The number of nitrogens with zero attached hydrogens (tertiary/aromatic N) is 6. The molecule has 3 aromatic heterocycles. The monoisotopic (exact) mass is 360 g/mol. The van der Waals surface area contributed by atoms with Crippen LogP contribution < -0.4 is 0 Å². The van der Waals surface area contributed by atoms with E-state index in [4.69, 9.17) is 0 Å². The molecule has 0 saturated heterocycles. The van der Waals surface area contributed by atoms with Crippen LogP contribution in [0.3, 0.4) is 0 Å². The molecule has 3 aromatic rings. The molecule has 4 heterocycles. The van der Waals surface area contributed by atoms with Crippen LogP contribution in [-0.2, 0) is 6.54 Å². The van der Waals surface area contributed by atoms with Crippen LogP contribution in [0.2, 0.25) is 0 Å². The first-order valence-electron chi connectivity index (χ1n) is 6.98. The van der Waals surface area contributed by atoms with Crippen molar-refractivity contribution in [1.29, 1.82) is 0 Å². The van der Waals surface area contributed by atoms with Gasteiger partial charge in [0.05, 0.1) is 30.0 Å². The number of carbonyl (C=O) groups is 1. The minimum Gasteiger partial charge on any atom is -0.327 e. The maximum Gasteiger partial charge on any atom is 0.275 e. The molecule has 0 bridgehead atoms. The number of fused-ring (bicyclic) bond motifs is 2. The molecular formula is C14H13BrN6O. The molecule has 0 aliphatic carbocycles. The first kappa shape index (κ1) is 13.4. The summed E-state index contributed by atoms with van der Waals surface area (Å²) in [5.74, 6) is -0.0697. The quantitative estimate of drug-likeness (QED) is 0.664. The fourth-order valence-corrected chi connectivity index (χ4v) is 3.14. The van der Waals surface area contributed by atoms with Crippen LogP contribution in [0.5, 0.6) is 0 Å². The molecule has 1 atom stereocenters. The van der Waals surface area contributed by atoms with Crippen molar-refractivity contribution in [3.05, 3.63) is 46.5 Å². The molecule has 0 radical (unpaired) electrons. The Bertz CT molecular complexity index is 869. The topological polar surface area (TPSA) is 68.3 Å². The third-order valence-electron chi connectivity index (χ3n) is 4.00. The molecule has 0 N–H and O–H groups in total. The number of hydrogen-bond donors (Lipinski definition) is 0. The van der Waals surface area contributed by atoms with Crippen LogP contribution in [0.25, 0.3) is 5.52 Å². The van der Waals surface area contributed by atoms with E-state index in [0.29, 0.717) is 18.8 Å². The number of carbonyl (C=O) groups excluding carboxylic acids is 1. The summed E-state index contributed by atoms with van der Waals surface area (Å²) < 4.78 is 4.47. The minimum atomic E-state index is -0.0697. The fraction of sp³-hybridized carbons (Fsp3) is 0.286. The summed E-state index contributed by atoms with van der Waals surface area (Å²) in [6.07, 6.45) is 3.55. The van der Waals surface area contributed by atoms with Crippen LogP contribution in [0.15, 0.2) is 35.1 Å². The summed E-state index contributed by atoms with van der Waals surface area (Å²) in [5.41, 5.74) is 2.29. The highest BCUT2D eigenvalue weighted by Gasteiger charge is 2.30. The molecule has 1 aliphatic rings. The van der Waals surface area contributed by atoms with Crippen molar-refractivity contribution in [1.82, 2.24) is 29.5 Å². The Kier molecular flexibility index (Phi) is 3.00. The standard InChI is InChI=1S/C14H13BrN6O/c1-9-13-7-16-18-20(13)5-4-19(9)14(22)12-6-11-3-2-10(15)8-21(11)17-12/h2-3,6-9H,4-5H2,1H3. The van der Waals surface area contributed by atoms with Crippen molar-refractivity contribution in [3.8, 4) is 0 Å². The SMILES string of the molecule is CC1c2cnnn2CCN1C(=O)c1cc2ccc(Br)cn2n1. The highest BCUT2D eigenvalue weighted by molar-refractivity contribution is 9.10. The lowest BCUT2D eigenvalue weighted by atomic mass is 10.1.